The number of hydrogen-bond acceptors (Lipinski definition) is 5. The number of benzene rings is 2. The largest absolute Gasteiger partial charge is 0.360 e. The Balaban J connectivity index is 1.58. The Morgan fingerprint density at radius 2 is 1.70 bits per heavy atom. The van der Waals surface area contributed by atoms with Crippen molar-refractivity contribution in [2.24, 2.45) is 0 Å². The van der Waals surface area contributed by atoms with E-state index in [1.54, 1.807) is 42.5 Å². The van der Waals surface area contributed by atoms with Gasteiger partial charge in [-0.3, -0.25) is 9.59 Å². The van der Waals surface area contributed by atoms with Crippen LogP contribution < -0.4 is 10.6 Å². The smallest absolute Gasteiger partial charge is 0.309 e. The molecule has 10 heteroatoms. The van der Waals surface area contributed by atoms with Crippen LogP contribution in [0.1, 0.15) is 12.0 Å². The molecule has 0 spiro atoms. The molecule has 30 heavy (non-hydrogen) atoms. The average molecular weight is 452 g/mol. The van der Waals surface area contributed by atoms with E-state index in [0.717, 1.165) is 0 Å². The highest BCUT2D eigenvalue weighted by molar-refractivity contribution is 7.89. The molecular weight excluding hydrogens is 430 g/mol. The Morgan fingerprint density at radius 3 is 2.43 bits per heavy atom. The molecule has 2 aromatic rings. The van der Waals surface area contributed by atoms with Gasteiger partial charge in [0.15, 0.2) is 0 Å². The highest BCUT2D eigenvalue weighted by Crippen LogP contribution is 2.21. The molecule has 0 bridgehead atoms. The number of hydrogen-bond donors (Lipinski definition) is 2. The fourth-order valence-electron chi connectivity index (χ4n) is 2.99. The maximum Gasteiger partial charge on any atom is 0.309 e. The summed E-state index contributed by atoms with van der Waals surface area (Å²) < 4.78 is 32.6. The van der Waals surface area contributed by atoms with Crippen molar-refractivity contribution in [3.8, 4) is 0 Å². The second kappa shape index (κ2) is 10.0. The van der Waals surface area contributed by atoms with Crippen LogP contribution in [0, 0.1) is 0 Å². The van der Waals surface area contributed by atoms with Crippen LogP contribution >= 0.6 is 11.6 Å². The molecule has 1 atom stereocenters. The van der Waals surface area contributed by atoms with Crippen molar-refractivity contribution in [3.63, 3.8) is 0 Å². The molecule has 0 aromatic heterocycles. The van der Waals surface area contributed by atoms with E-state index in [1.165, 1.54) is 16.4 Å². The molecule has 2 N–H and O–H groups in total. The fraction of sp³-hybridized carbons (Fsp3) is 0.300. The van der Waals surface area contributed by atoms with E-state index < -0.39 is 28.1 Å². The van der Waals surface area contributed by atoms with E-state index in [0.29, 0.717) is 23.6 Å². The van der Waals surface area contributed by atoms with E-state index in [1.807, 2.05) is 0 Å². The minimum absolute atomic E-state index is 0.0976. The molecule has 0 saturated carbocycles. The van der Waals surface area contributed by atoms with Gasteiger partial charge in [-0.15, -0.1) is 0 Å². The molecule has 1 unspecified atom stereocenters. The van der Waals surface area contributed by atoms with Crippen LogP contribution in [0.5, 0.6) is 0 Å². The predicted octanol–water partition coefficient (Wildman–Crippen LogP) is 1.51. The average Bonchev–Trinajstić information content (AvgIpc) is 2.77. The van der Waals surface area contributed by atoms with E-state index >= 15 is 0 Å². The second-order valence-electron chi connectivity index (χ2n) is 6.59. The SMILES string of the molecule is O=C(NCc1ccccc1Cl)C(=O)NCC1OCCCN1S(=O)(=O)c1ccccc1. The van der Waals surface area contributed by atoms with E-state index in [2.05, 4.69) is 10.6 Å². The van der Waals surface area contributed by atoms with Gasteiger partial charge in [-0.2, -0.15) is 4.31 Å². The van der Waals surface area contributed by atoms with Crippen LogP contribution in [0.2, 0.25) is 5.02 Å². The van der Waals surface area contributed by atoms with Gasteiger partial charge in [0, 0.05) is 18.1 Å². The van der Waals surface area contributed by atoms with E-state index in [-0.39, 0.29) is 24.5 Å². The third kappa shape index (κ3) is 5.37. The zero-order valence-electron chi connectivity index (χ0n) is 16.1. The van der Waals surface area contributed by atoms with Crippen molar-refractivity contribution < 1.29 is 22.7 Å². The molecule has 2 aromatic carbocycles. The second-order valence-corrected chi connectivity index (χ2v) is 8.89. The minimum atomic E-state index is -3.79. The molecule has 1 aliphatic rings. The summed E-state index contributed by atoms with van der Waals surface area (Å²) in [6.45, 7) is 0.571. The molecule has 1 saturated heterocycles. The van der Waals surface area contributed by atoms with Crippen molar-refractivity contribution in [2.75, 3.05) is 19.7 Å². The molecular formula is C20H22ClN3O5S. The third-order valence-electron chi connectivity index (χ3n) is 4.54. The van der Waals surface area contributed by atoms with Crippen LogP contribution in [0.4, 0.5) is 0 Å². The van der Waals surface area contributed by atoms with Crippen molar-refractivity contribution in [2.45, 2.75) is 24.1 Å². The van der Waals surface area contributed by atoms with E-state index in [4.69, 9.17) is 16.3 Å². The number of halogens is 1. The summed E-state index contributed by atoms with van der Waals surface area (Å²) in [5.41, 5.74) is 0.677. The number of rotatable bonds is 6. The molecule has 3 rings (SSSR count). The van der Waals surface area contributed by atoms with Gasteiger partial charge in [0.1, 0.15) is 6.23 Å². The summed E-state index contributed by atoms with van der Waals surface area (Å²) in [4.78, 5) is 24.3. The lowest BCUT2D eigenvalue weighted by atomic mass is 10.2. The molecule has 1 aliphatic heterocycles. The van der Waals surface area contributed by atoms with Crippen molar-refractivity contribution in [1.29, 1.82) is 0 Å². The van der Waals surface area contributed by atoms with Crippen LogP contribution in [0.15, 0.2) is 59.5 Å². The Kier molecular flexibility index (Phi) is 7.43. The predicted molar refractivity (Wildman–Crippen MR) is 111 cm³/mol. The van der Waals surface area contributed by atoms with E-state index in [9.17, 15) is 18.0 Å². The number of nitrogens with one attached hydrogen (secondary N) is 2. The number of amides is 2. The first kappa shape index (κ1) is 22.2. The fourth-order valence-corrected chi connectivity index (χ4v) is 4.78. The highest BCUT2D eigenvalue weighted by atomic mass is 35.5. The molecule has 8 nitrogen and oxygen atoms in total. The first-order chi connectivity index (χ1) is 14.4. The molecule has 0 radical (unpaired) electrons. The quantitative estimate of drug-likeness (QED) is 0.648. The van der Waals surface area contributed by atoms with Gasteiger partial charge in [-0.25, -0.2) is 8.42 Å². The van der Waals surface area contributed by atoms with Gasteiger partial charge >= 0.3 is 11.8 Å². The third-order valence-corrected chi connectivity index (χ3v) is 6.82. The lowest BCUT2D eigenvalue weighted by Crippen LogP contribution is -2.53. The molecule has 160 valence electrons. The number of carbonyl (C=O) groups is 2. The zero-order valence-corrected chi connectivity index (χ0v) is 17.7. The highest BCUT2D eigenvalue weighted by Gasteiger charge is 2.34. The molecule has 2 amide bonds. The van der Waals surface area contributed by atoms with Crippen LogP contribution in [0.3, 0.4) is 0 Å². The molecule has 0 aliphatic carbocycles. The van der Waals surface area contributed by atoms with Gasteiger partial charge in [0.05, 0.1) is 18.0 Å². The van der Waals surface area contributed by atoms with Gasteiger partial charge in [-0.1, -0.05) is 48.0 Å². The first-order valence-corrected chi connectivity index (χ1v) is 11.2. The number of carbonyl (C=O) groups excluding carboxylic acids is 2. The Hall–Kier alpha value is -2.46. The summed E-state index contributed by atoms with van der Waals surface area (Å²) >= 11 is 6.03. The molecule has 1 heterocycles. The summed E-state index contributed by atoms with van der Waals surface area (Å²) in [7, 11) is -3.79. The monoisotopic (exact) mass is 451 g/mol. The zero-order chi connectivity index (χ0) is 21.6. The Bertz CT molecular complexity index is 1000. The van der Waals surface area contributed by atoms with Crippen molar-refractivity contribution in [3.05, 3.63) is 65.2 Å². The van der Waals surface area contributed by atoms with Gasteiger partial charge in [0.25, 0.3) is 0 Å². The van der Waals surface area contributed by atoms with Gasteiger partial charge in [-0.05, 0) is 30.2 Å². The normalized spacial score (nSPS) is 17.3. The minimum Gasteiger partial charge on any atom is -0.360 e. The summed E-state index contributed by atoms with van der Waals surface area (Å²) in [6, 6.07) is 15.0. The van der Waals surface area contributed by atoms with Crippen LogP contribution in [0.25, 0.3) is 0 Å². The number of nitrogens with zero attached hydrogens (tertiary/aromatic N) is 1. The van der Waals surface area contributed by atoms with Gasteiger partial charge in [0.2, 0.25) is 10.0 Å². The summed E-state index contributed by atoms with van der Waals surface area (Å²) in [5, 5.41) is 5.41. The maximum atomic E-state index is 12.9. The summed E-state index contributed by atoms with van der Waals surface area (Å²) in [5.74, 6) is -1.73. The van der Waals surface area contributed by atoms with Crippen molar-refractivity contribution in [1.82, 2.24) is 14.9 Å². The first-order valence-electron chi connectivity index (χ1n) is 9.37. The van der Waals surface area contributed by atoms with Crippen LogP contribution in [-0.4, -0.2) is 50.5 Å². The lowest BCUT2D eigenvalue weighted by Gasteiger charge is -2.34. The Labute approximate surface area is 180 Å². The Morgan fingerprint density at radius 1 is 1.03 bits per heavy atom. The maximum absolute atomic E-state index is 12.9. The molecule has 1 fully saturated rings. The van der Waals surface area contributed by atoms with Crippen molar-refractivity contribution >= 4 is 33.4 Å². The topological polar surface area (TPSA) is 105 Å². The van der Waals surface area contributed by atoms with Gasteiger partial charge < -0.3 is 15.4 Å². The standard InChI is InChI=1S/C20H22ClN3O5S/c21-17-10-5-4-7-15(17)13-22-19(25)20(26)23-14-18-24(11-6-12-29-18)30(27,28)16-8-2-1-3-9-16/h1-5,7-10,18H,6,11-14H2,(H,22,25)(H,23,26). The van der Waals surface area contributed by atoms with Crippen LogP contribution in [-0.2, 0) is 30.9 Å². The summed E-state index contributed by atoms with van der Waals surface area (Å²) in [6.07, 6.45) is -0.362. The lowest BCUT2D eigenvalue weighted by molar-refractivity contribution is -0.140. The number of sulfonamides is 1. The number of ether oxygens (including phenoxy) is 1.